The standard InChI is InChI=1S/C22H24FN3O4S/c23-18-12-16(5-7-21(18)30-17-4-3-9-24-13-17)6-8-22(27)25-19-14-31(28,29)15-20(19)26-10-1-2-11-26/h3-9,12-13,19-20H,1-2,10-11,14-15H2,(H,25,27)/b8-6+. The van der Waals surface area contributed by atoms with Crippen LogP contribution in [-0.2, 0) is 14.6 Å². The molecular formula is C22H24FN3O4S. The summed E-state index contributed by atoms with van der Waals surface area (Å²) in [6.07, 6.45) is 7.95. The van der Waals surface area contributed by atoms with E-state index in [1.165, 1.54) is 30.5 Å². The highest BCUT2D eigenvalue weighted by Gasteiger charge is 2.42. The van der Waals surface area contributed by atoms with E-state index in [1.54, 1.807) is 24.4 Å². The summed E-state index contributed by atoms with van der Waals surface area (Å²) in [5.74, 6) is -0.472. The van der Waals surface area contributed by atoms with Gasteiger partial charge in [0, 0.05) is 18.3 Å². The minimum Gasteiger partial charge on any atom is -0.453 e. The van der Waals surface area contributed by atoms with Crippen molar-refractivity contribution >= 4 is 21.8 Å². The molecular weight excluding hydrogens is 421 g/mol. The highest BCUT2D eigenvalue weighted by Crippen LogP contribution is 2.25. The molecule has 164 valence electrons. The van der Waals surface area contributed by atoms with E-state index in [0.717, 1.165) is 25.9 Å². The second-order valence-corrected chi connectivity index (χ2v) is 9.97. The number of amides is 1. The van der Waals surface area contributed by atoms with E-state index in [9.17, 15) is 17.6 Å². The van der Waals surface area contributed by atoms with Gasteiger partial charge in [0.1, 0.15) is 5.75 Å². The summed E-state index contributed by atoms with van der Waals surface area (Å²) in [5, 5.41) is 2.82. The average Bonchev–Trinajstić information content (AvgIpc) is 3.36. The van der Waals surface area contributed by atoms with Crippen LogP contribution in [0.5, 0.6) is 11.5 Å². The number of hydrogen-bond donors (Lipinski definition) is 1. The van der Waals surface area contributed by atoms with Gasteiger partial charge in [-0.3, -0.25) is 14.7 Å². The van der Waals surface area contributed by atoms with Gasteiger partial charge in [0.2, 0.25) is 5.91 Å². The molecule has 1 aromatic heterocycles. The molecule has 3 heterocycles. The number of hydrogen-bond acceptors (Lipinski definition) is 6. The SMILES string of the molecule is O=C(/C=C/c1ccc(Oc2cccnc2)c(F)c1)NC1CS(=O)(=O)CC1N1CCCC1. The third kappa shape index (κ3) is 5.48. The van der Waals surface area contributed by atoms with Gasteiger partial charge in [0.15, 0.2) is 21.4 Å². The van der Waals surface area contributed by atoms with Crippen LogP contribution in [0.25, 0.3) is 6.08 Å². The van der Waals surface area contributed by atoms with Crippen LogP contribution in [0, 0.1) is 5.82 Å². The predicted molar refractivity (Wildman–Crippen MR) is 115 cm³/mol. The fourth-order valence-electron chi connectivity index (χ4n) is 4.04. The number of pyridine rings is 1. The van der Waals surface area contributed by atoms with Gasteiger partial charge in [-0.1, -0.05) is 6.07 Å². The Morgan fingerprint density at radius 2 is 2.03 bits per heavy atom. The van der Waals surface area contributed by atoms with Crippen LogP contribution in [0.4, 0.5) is 4.39 Å². The van der Waals surface area contributed by atoms with Crippen LogP contribution in [0.1, 0.15) is 18.4 Å². The monoisotopic (exact) mass is 445 g/mol. The van der Waals surface area contributed by atoms with E-state index in [1.807, 2.05) is 0 Å². The summed E-state index contributed by atoms with van der Waals surface area (Å²) in [7, 11) is -3.18. The van der Waals surface area contributed by atoms with E-state index in [4.69, 9.17) is 4.74 Å². The first-order valence-corrected chi connectivity index (χ1v) is 12.0. The van der Waals surface area contributed by atoms with Crippen molar-refractivity contribution in [3.05, 3.63) is 60.2 Å². The van der Waals surface area contributed by atoms with Crippen molar-refractivity contribution in [2.24, 2.45) is 0 Å². The lowest BCUT2D eigenvalue weighted by molar-refractivity contribution is -0.117. The van der Waals surface area contributed by atoms with Crippen molar-refractivity contribution < 1.29 is 22.3 Å². The van der Waals surface area contributed by atoms with Gasteiger partial charge in [-0.15, -0.1) is 0 Å². The van der Waals surface area contributed by atoms with Crippen molar-refractivity contribution in [3.8, 4) is 11.5 Å². The summed E-state index contributed by atoms with van der Waals surface area (Å²) >= 11 is 0. The third-order valence-electron chi connectivity index (χ3n) is 5.51. The van der Waals surface area contributed by atoms with Gasteiger partial charge >= 0.3 is 0 Å². The molecule has 2 saturated heterocycles. The molecule has 2 fully saturated rings. The molecule has 1 amide bonds. The Bertz CT molecular complexity index is 1070. The van der Waals surface area contributed by atoms with Crippen molar-refractivity contribution in [2.75, 3.05) is 24.6 Å². The topological polar surface area (TPSA) is 88.6 Å². The minimum absolute atomic E-state index is 0.0528. The first kappa shape index (κ1) is 21.5. The lowest BCUT2D eigenvalue weighted by Crippen LogP contribution is -2.49. The smallest absolute Gasteiger partial charge is 0.244 e. The number of ether oxygens (including phenoxy) is 1. The molecule has 0 radical (unpaired) electrons. The second-order valence-electron chi connectivity index (χ2n) is 7.82. The summed E-state index contributed by atoms with van der Waals surface area (Å²) in [5.41, 5.74) is 0.487. The molecule has 2 unspecified atom stereocenters. The molecule has 0 bridgehead atoms. The predicted octanol–water partition coefficient (Wildman–Crippen LogP) is 2.40. The lowest BCUT2D eigenvalue weighted by Gasteiger charge is -2.28. The number of likely N-dealkylation sites (tertiary alicyclic amines) is 1. The summed E-state index contributed by atoms with van der Waals surface area (Å²) in [4.78, 5) is 18.5. The van der Waals surface area contributed by atoms with Crippen LogP contribution < -0.4 is 10.1 Å². The number of benzene rings is 1. The molecule has 2 atom stereocenters. The first-order valence-electron chi connectivity index (χ1n) is 10.2. The summed E-state index contributed by atoms with van der Waals surface area (Å²) < 4.78 is 44.0. The van der Waals surface area contributed by atoms with E-state index < -0.39 is 27.6 Å². The van der Waals surface area contributed by atoms with E-state index in [-0.39, 0.29) is 23.3 Å². The Hall–Kier alpha value is -2.78. The number of carbonyl (C=O) groups is 1. The fourth-order valence-corrected chi connectivity index (χ4v) is 5.99. The van der Waals surface area contributed by atoms with Gasteiger partial charge in [0.25, 0.3) is 0 Å². The molecule has 0 aliphatic carbocycles. The van der Waals surface area contributed by atoms with Crippen LogP contribution >= 0.6 is 0 Å². The molecule has 4 rings (SSSR count). The van der Waals surface area contributed by atoms with Gasteiger partial charge in [-0.05, 0) is 61.8 Å². The van der Waals surface area contributed by atoms with Crippen molar-refractivity contribution in [1.29, 1.82) is 0 Å². The minimum atomic E-state index is -3.18. The van der Waals surface area contributed by atoms with Gasteiger partial charge in [-0.2, -0.15) is 0 Å². The molecule has 1 N–H and O–H groups in total. The highest BCUT2D eigenvalue weighted by atomic mass is 32.2. The summed E-state index contributed by atoms with van der Waals surface area (Å²) in [6.45, 7) is 1.71. The number of halogens is 1. The molecule has 0 saturated carbocycles. The number of sulfone groups is 1. The van der Waals surface area contributed by atoms with Crippen LogP contribution in [0.2, 0.25) is 0 Å². The van der Waals surface area contributed by atoms with E-state index >= 15 is 0 Å². The maximum absolute atomic E-state index is 14.3. The van der Waals surface area contributed by atoms with Gasteiger partial charge in [0.05, 0.1) is 23.7 Å². The van der Waals surface area contributed by atoms with Crippen LogP contribution in [-0.4, -0.2) is 60.9 Å². The van der Waals surface area contributed by atoms with Gasteiger partial charge < -0.3 is 10.1 Å². The second kappa shape index (κ2) is 9.15. The zero-order valence-corrected chi connectivity index (χ0v) is 17.7. The van der Waals surface area contributed by atoms with E-state index in [0.29, 0.717) is 11.3 Å². The zero-order valence-electron chi connectivity index (χ0n) is 16.9. The number of nitrogens with one attached hydrogen (secondary N) is 1. The normalized spacial score (nSPS) is 23.3. The third-order valence-corrected chi connectivity index (χ3v) is 7.22. The Balaban J connectivity index is 1.39. The number of aromatic nitrogens is 1. The molecule has 9 heteroatoms. The van der Waals surface area contributed by atoms with Gasteiger partial charge in [-0.25, -0.2) is 12.8 Å². The number of carbonyl (C=O) groups excluding carboxylic acids is 1. The molecule has 2 aliphatic heterocycles. The van der Waals surface area contributed by atoms with Crippen LogP contribution in [0.15, 0.2) is 48.8 Å². The Morgan fingerprint density at radius 1 is 1.23 bits per heavy atom. The Labute approximate surface area is 180 Å². The van der Waals surface area contributed by atoms with Crippen LogP contribution in [0.3, 0.4) is 0 Å². The van der Waals surface area contributed by atoms with Crippen molar-refractivity contribution in [2.45, 2.75) is 24.9 Å². The maximum atomic E-state index is 14.3. The lowest BCUT2D eigenvalue weighted by atomic mass is 10.1. The fraction of sp³-hybridized carbons (Fsp3) is 0.364. The van der Waals surface area contributed by atoms with E-state index in [2.05, 4.69) is 15.2 Å². The van der Waals surface area contributed by atoms with Crippen molar-refractivity contribution in [1.82, 2.24) is 15.2 Å². The maximum Gasteiger partial charge on any atom is 0.244 e. The molecule has 2 aromatic rings. The number of nitrogens with zero attached hydrogens (tertiary/aromatic N) is 2. The molecule has 0 spiro atoms. The average molecular weight is 446 g/mol. The number of rotatable bonds is 6. The molecule has 7 nitrogen and oxygen atoms in total. The Kier molecular flexibility index (Phi) is 6.33. The zero-order chi connectivity index (χ0) is 21.8. The highest BCUT2D eigenvalue weighted by molar-refractivity contribution is 7.91. The Morgan fingerprint density at radius 3 is 2.74 bits per heavy atom. The molecule has 31 heavy (non-hydrogen) atoms. The van der Waals surface area contributed by atoms with Crippen molar-refractivity contribution in [3.63, 3.8) is 0 Å². The summed E-state index contributed by atoms with van der Waals surface area (Å²) in [6, 6.07) is 7.11. The first-order chi connectivity index (χ1) is 14.9. The largest absolute Gasteiger partial charge is 0.453 e. The molecule has 1 aromatic carbocycles. The quantitative estimate of drug-likeness (QED) is 0.687. The molecule has 2 aliphatic rings.